The van der Waals surface area contributed by atoms with Gasteiger partial charge in [0, 0.05) is 26.2 Å². The molecule has 3 heteroatoms. The van der Waals surface area contributed by atoms with Gasteiger partial charge >= 0.3 is 0 Å². The fourth-order valence-corrected chi connectivity index (χ4v) is 3.06. The van der Waals surface area contributed by atoms with Gasteiger partial charge in [-0.15, -0.1) is 0 Å². The molecule has 2 N–H and O–H groups in total. The summed E-state index contributed by atoms with van der Waals surface area (Å²) in [6, 6.07) is 8.90. The monoisotopic (exact) mass is 290 g/mol. The van der Waals surface area contributed by atoms with Crippen molar-refractivity contribution in [2.45, 2.75) is 38.6 Å². The molecule has 2 atom stereocenters. The average molecular weight is 290 g/mol. The fourth-order valence-electron chi connectivity index (χ4n) is 3.06. The van der Waals surface area contributed by atoms with Gasteiger partial charge in [0.2, 0.25) is 0 Å². The van der Waals surface area contributed by atoms with E-state index in [9.17, 15) is 0 Å². The Labute approximate surface area is 129 Å². The number of ether oxygens (including phenoxy) is 1. The zero-order valence-electron chi connectivity index (χ0n) is 13.9. The van der Waals surface area contributed by atoms with Crippen LogP contribution in [0.2, 0.25) is 0 Å². The molecule has 0 radical (unpaired) electrons. The number of hydrogen-bond acceptors (Lipinski definition) is 3. The minimum Gasteiger partial charge on any atom is -0.384 e. The Bertz CT molecular complexity index is 436. The summed E-state index contributed by atoms with van der Waals surface area (Å²) in [5.41, 5.74) is 9.18. The Kier molecular flexibility index (Phi) is 5.42. The van der Waals surface area contributed by atoms with Gasteiger partial charge in [-0.1, -0.05) is 45.0 Å². The third kappa shape index (κ3) is 4.53. The van der Waals surface area contributed by atoms with Gasteiger partial charge in [-0.3, -0.25) is 0 Å². The van der Waals surface area contributed by atoms with Gasteiger partial charge in [0.1, 0.15) is 0 Å². The Morgan fingerprint density at radius 3 is 2.52 bits per heavy atom. The van der Waals surface area contributed by atoms with E-state index in [4.69, 9.17) is 10.5 Å². The second-order valence-electron chi connectivity index (χ2n) is 7.35. The highest BCUT2D eigenvalue weighted by atomic mass is 16.5. The summed E-state index contributed by atoms with van der Waals surface area (Å²) in [6.07, 6.45) is 1.23. The fraction of sp³-hybridized carbons (Fsp3) is 0.667. The van der Waals surface area contributed by atoms with Crippen LogP contribution in [0.3, 0.4) is 0 Å². The number of hydrogen-bond donors (Lipinski definition) is 1. The number of nitrogens with zero attached hydrogens (tertiary/aromatic N) is 1. The molecule has 2 unspecified atom stereocenters. The molecule has 0 spiro atoms. The van der Waals surface area contributed by atoms with Gasteiger partial charge in [-0.2, -0.15) is 0 Å². The highest BCUT2D eigenvalue weighted by Crippen LogP contribution is 2.24. The first kappa shape index (κ1) is 16.5. The van der Waals surface area contributed by atoms with Crippen molar-refractivity contribution in [2.75, 3.05) is 33.4 Å². The van der Waals surface area contributed by atoms with Crippen LogP contribution in [0, 0.1) is 5.92 Å². The van der Waals surface area contributed by atoms with Crippen LogP contribution in [0.4, 0.5) is 0 Å². The summed E-state index contributed by atoms with van der Waals surface area (Å²) in [5, 5.41) is 0. The van der Waals surface area contributed by atoms with E-state index in [2.05, 4.69) is 49.9 Å². The Morgan fingerprint density at radius 2 is 1.95 bits per heavy atom. The van der Waals surface area contributed by atoms with Gasteiger partial charge in [-0.25, -0.2) is 0 Å². The van der Waals surface area contributed by atoms with Crippen molar-refractivity contribution in [3.63, 3.8) is 0 Å². The minimum atomic E-state index is 0.0975. The molecule has 0 saturated carbocycles. The highest BCUT2D eigenvalue weighted by molar-refractivity contribution is 5.29. The van der Waals surface area contributed by atoms with Gasteiger partial charge in [0.15, 0.2) is 0 Å². The molecular weight excluding hydrogens is 260 g/mol. The zero-order chi connectivity index (χ0) is 15.5. The molecule has 1 saturated heterocycles. The van der Waals surface area contributed by atoms with E-state index >= 15 is 0 Å². The van der Waals surface area contributed by atoms with Crippen LogP contribution < -0.4 is 5.73 Å². The maximum atomic E-state index is 6.38. The van der Waals surface area contributed by atoms with Crippen molar-refractivity contribution < 1.29 is 4.74 Å². The molecule has 0 aromatic heterocycles. The summed E-state index contributed by atoms with van der Waals surface area (Å²) in [5.74, 6) is 0.672. The molecule has 2 rings (SSSR count). The lowest BCUT2D eigenvalue weighted by Gasteiger charge is -2.23. The van der Waals surface area contributed by atoms with Crippen LogP contribution in [-0.4, -0.2) is 38.3 Å². The largest absolute Gasteiger partial charge is 0.384 e. The van der Waals surface area contributed by atoms with E-state index in [1.54, 1.807) is 7.11 Å². The molecule has 3 nitrogen and oxygen atoms in total. The van der Waals surface area contributed by atoms with E-state index in [0.717, 1.165) is 26.2 Å². The molecule has 0 amide bonds. The van der Waals surface area contributed by atoms with E-state index in [0.29, 0.717) is 5.92 Å². The van der Waals surface area contributed by atoms with Crippen molar-refractivity contribution in [1.82, 2.24) is 4.90 Å². The predicted molar refractivity (Wildman–Crippen MR) is 88.5 cm³/mol. The molecule has 21 heavy (non-hydrogen) atoms. The molecular formula is C18H30N2O. The van der Waals surface area contributed by atoms with Crippen molar-refractivity contribution in [1.29, 1.82) is 0 Å². The van der Waals surface area contributed by atoms with Crippen molar-refractivity contribution in [2.24, 2.45) is 11.7 Å². The van der Waals surface area contributed by atoms with Crippen molar-refractivity contribution in [3.05, 3.63) is 35.4 Å². The summed E-state index contributed by atoms with van der Waals surface area (Å²) < 4.78 is 5.25. The quantitative estimate of drug-likeness (QED) is 0.906. The summed E-state index contributed by atoms with van der Waals surface area (Å²) in [7, 11) is 1.78. The maximum Gasteiger partial charge on any atom is 0.0503 e. The summed E-state index contributed by atoms with van der Waals surface area (Å²) in [6.45, 7) is 10.8. The molecule has 118 valence electrons. The van der Waals surface area contributed by atoms with Gasteiger partial charge in [-0.05, 0) is 35.4 Å². The van der Waals surface area contributed by atoms with Crippen LogP contribution in [0.15, 0.2) is 24.3 Å². The first-order valence-corrected chi connectivity index (χ1v) is 7.97. The first-order chi connectivity index (χ1) is 9.90. The van der Waals surface area contributed by atoms with Crippen molar-refractivity contribution >= 4 is 0 Å². The summed E-state index contributed by atoms with van der Waals surface area (Å²) in [4.78, 5) is 2.46. The number of rotatable bonds is 5. The molecule has 1 heterocycles. The van der Waals surface area contributed by atoms with Crippen molar-refractivity contribution in [3.8, 4) is 0 Å². The lowest BCUT2D eigenvalue weighted by Crippen LogP contribution is -2.31. The third-order valence-corrected chi connectivity index (χ3v) is 4.43. The number of methoxy groups -OCH3 is 1. The van der Waals surface area contributed by atoms with E-state index in [-0.39, 0.29) is 11.5 Å². The Hall–Kier alpha value is -0.900. The molecule has 1 aromatic carbocycles. The van der Waals surface area contributed by atoms with E-state index in [1.165, 1.54) is 17.5 Å². The Morgan fingerprint density at radius 1 is 1.29 bits per heavy atom. The molecule has 0 bridgehead atoms. The van der Waals surface area contributed by atoms with Crippen LogP contribution in [0.5, 0.6) is 0 Å². The molecule has 1 aromatic rings. The molecule has 1 fully saturated rings. The standard InChI is InChI=1S/C18H30N2O/c1-18(2,3)16-7-5-15(6-8-16)17(19)12-20-10-9-14(11-20)13-21-4/h5-8,14,17H,9-13,19H2,1-4H3. The third-order valence-electron chi connectivity index (χ3n) is 4.43. The average Bonchev–Trinajstić information content (AvgIpc) is 2.86. The topological polar surface area (TPSA) is 38.5 Å². The second kappa shape index (κ2) is 6.91. The minimum absolute atomic E-state index is 0.0975. The van der Waals surface area contributed by atoms with Crippen LogP contribution >= 0.6 is 0 Å². The van der Waals surface area contributed by atoms with Gasteiger partial charge in [0.05, 0.1) is 6.61 Å². The van der Waals surface area contributed by atoms with E-state index in [1.807, 2.05) is 0 Å². The maximum absolute atomic E-state index is 6.38. The lowest BCUT2D eigenvalue weighted by atomic mass is 9.86. The number of likely N-dealkylation sites (tertiary alicyclic amines) is 1. The smallest absolute Gasteiger partial charge is 0.0503 e. The Balaban J connectivity index is 1.90. The van der Waals surface area contributed by atoms with Crippen LogP contribution in [0.1, 0.15) is 44.4 Å². The molecule has 1 aliphatic heterocycles. The van der Waals surface area contributed by atoms with Gasteiger partial charge in [0.25, 0.3) is 0 Å². The lowest BCUT2D eigenvalue weighted by molar-refractivity contribution is 0.152. The zero-order valence-corrected chi connectivity index (χ0v) is 13.9. The molecule has 0 aliphatic carbocycles. The predicted octanol–water partition coefficient (Wildman–Crippen LogP) is 2.95. The molecule has 1 aliphatic rings. The SMILES string of the molecule is COCC1CCN(CC(N)c2ccc(C(C)(C)C)cc2)C1. The first-order valence-electron chi connectivity index (χ1n) is 7.97. The summed E-state index contributed by atoms with van der Waals surface area (Å²) >= 11 is 0. The highest BCUT2D eigenvalue weighted by Gasteiger charge is 2.24. The number of benzene rings is 1. The normalized spacial score (nSPS) is 21.7. The van der Waals surface area contributed by atoms with E-state index < -0.39 is 0 Å². The second-order valence-corrected chi connectivity index (χ2v) is 7.35. The van der Waals surface area contributed by atoms with Crippen LogP contribution in [0.25, 0.3) is 0 Å². The van der Waals surface area contributed by atoms with Crippen LogP contribution in [-0.2, 0) is 10.2 Å². The number of nitrogens with two attached hydrogens (primary N) is 1. The van der Waals surface area contributed by atoms with Gasteiger partial charge < -0.3 is 15.4 Å².